The fraction of sp³-hybridized carbons (Fsp3) is 0.292. The molecule has 0 aliphatic carbocycles. The molecule has 3 aromatic rings. The van der Waals surface area contributed by atoms with Gasteiger partial charge in [-0.3, -0.25) is 14.3 Å². The van der Waals surface area contributed by atoms with Crippen LogP contribution in [0.5, 0.6) is 0 Å². The first-order valence-corrected chi connectivity index (χ1v) is 10.9. The largest absolute Gasteiger partial charge is 0.357 e. The molecule has 0 saturated carbocycles. The van der Waals surface area contributed by atoms with Crippen LogP contribution in [0.3, 0.4) is 0 Å². The van der Waals surface area contributed by atoms with Crippen LogP contribution in [0.15, 0.2) is 46.2 Å². The number of hydrogen-bond donors (Lipinski definition) is 0. The SMILES string of the molecule is N#CCn1c(N2CCC(F)(F)CC2)c(-c2ccc(F)c(C(F)F)c2)c(=O)n(-c2cncc(C#N)c2)c1=O. The van der Waals surface area contributed by atoms with Crippen molar-refractivity contribution in [3.8, 4) is 29.0 Å². The lowest BCUT2D eigenvalue weighted by Crippen LogP contribution is -2.47. The number of nitriles is 2. The Labute approximate surface area is 206 Å². The van der Waals surface area contributed by atoms with Crippen LogP contribution in [-0.4, -0.2) is 33.1 Å². The smallest absolute Gasteiger partial charge is 0.338 e. The third-order valence-electron chi connectivity index (χ3n) is 5.97. The van der Waals surface area contributed by atoms with Crippen LogP contribution in [0.4, 0.5) is 27.8 Å². The summed E-state index contributed by atoms with van der Waals surface area (Å²) < 4.78 is 70.3. The summed E-state index contributed by atoms with van der Waals surface area (Å²) in [6.45, 7) is -1.23. The zero-order chi connectivity index (χ0) is 26.9. The maximum absolute atomic E-state index is 14.1. The normalized spacial score (nSPS) is 14.9. The summed E-state index contributed by atoms with van der Waals surface area (Å²) in [5.41, 5.74) is -3.81. The van der Waals surface area contributed by atoms with Crippen molar-refractivity contribution in [3.05, 3.63) is 74.4 Å². The van der Waals surface area contributed by atoms with Crippen LogP contribution in [0.2, 0.25) is 0 Å². The molecule has 190 valence electrons. The average molecular weight is 516 g/mol. The van der Waals surface area contributed by atoms with Gasteiger partial charge in [-0.15, -0.1) is 0 Å². The second-order valence-electron chi connectivity index (χ2n) is 8.29. The molecule has 0 radical (unpaired) electrons. The van der Waals surface area contributed by atoms with Crippen molar-refractivity contribution in [3.63, 3.8) is 0 Å². The maximum Gasteiger partial charge on any atom is 0.338 e. The molecule has 1 fully saturated rings. The van der Waals surface area contributed by atoms with Crippen LogP contribution >= 0.6 is 0 Å². The first-order chi connectivity index (χ1) is 17.6. The van der Waals surface area contributed by atoms with Gasteiger partial charge in [0.25, 0.3) is 17.9 Å². The minimum atomic E-state index is -3.24. The van der Waals surface area contributed by atoms with Gasteiger partial charge in [-0.2, -0.15) is 10.5 Å². The predicted molar refractivity (Wildman–Crippen MR) is 121 cm³/mol. The van der Waals surface area contributed by atoms with Gasteiger partial charge >= 0.3 is 5.69 Å². The highest BCUT2D eigenvalue weighted by atomic mass is 19.3. The molecule has 0 spiro atoms. The van der Waals surface area contributed by atoms with E-state index in [1.165, 1.54) is 17.2 Å². The van der Waals surface area contributed by atoms with Gasteiger partial charge in [-0.05, 0) is 23.8 Å². The zero-order valence-electron chi connectivity index (χ0n) is 19.0. The van der Waals surface area contributed by atoms with Crippen molar-refractivity contribution in [1.82, 2.24) is 14.1 Å². The van der Waals surface area contributed by atoms with E-state index < -0.39 is 54.4 Å². The molecule has 0 N–H and O–H groups in total. The molecule has 2 aromatic heterocycles. The number of aromatic nitrogens is 3. The van der Waals surface area contributed by atoms with Gasteiger partial charge in [0, 0.05) is 32.1 Å². The molecule has 1 saturated heterocycles. The summed E-state index contributed by atoms with van der Waals surface area (Å²) in [5.74, 6) is -4.44. The number of hydrogen-bond acceptors (Lipinski definition) is 6. The lowest BCUT2D eigenvalue weighted by atomic mass is 10.0. The first kappa shape index (κ1) is 25.6. The Kier molecular flexibility index (Phi) is 6.81. The van der Waals surface area contributed by atoms with Crippen LogP contribution in [0.25, 0.3) is 16.8 Å². The van der Waals surface area contributed by atoms with E-state index in [0.29, 0.717) is 4.57 Å². The molecular weight excluding hydrogens is 499 g/mol. The second-order valence-corrected chi connectivity index (χ2v) is 8.29. The van der Waals surface area contributed by atoms with Crippen molar-refractivity contribution < 1.29 is 22.0 Å². The lowest BCUT2D eigenvalue weighted by molar-refractivity contribution is -0.0222. The van der Waals surface area contributed by atoms with Crippen molar-refractivity contribution in [2.24, 2.45) is 0 Å². The number of rotatable bonds is 5. The number of benzene rings is 1. The van der Waals surface area contributed by atoms with Crippen molar-refractivity contribution in [2.45, 2.75) is 31.7 Å². The van der Waals surface area contributed by atoms with Gasteiger partial charge in [0.15, 0.2) is 0 Å². The Bertz CT molecular complexity index is 1560. The van der Waals surface area contributed by atoms with Gasteiger partial charge in [-0.25, -0.2) is 31.3 Å². The summed E-state index contributed by atoms with van der Waals surface area (Å²) in [7, 11) is 0. The molecule has 1 aliphatic heterocycles. The highest BCUT2D eigenvalue weighted by Gasteiger charge is 2.37. The Morgan fingerprint density at radius 3 is 2.41 bits per heavy atom. The summed E-state index contributed by atoms with van der Waals surface area (Å²) in [5, 5.41) is 18.6. The minimum absolute atomic E-state index is 0.00119. The number of pyridine rings is 1. The molecule has 0 atom stereocenters. The van der Waals surface area contributed by atoms with Crippen molar-refractivity contribution in [2.75, 3.05) is 18.0 Å². The summed E-state index contributed by atoms with van der Waals surface area (Å²) in [4.78, 5) is 32.4. The molecule has 0 unspecified atom stereocenters. The van der Waals surface area contributed by atoms with Crippen LogP contribution < -0.4 is 16.1 Å². The first-order valence-electron chi connectivity index (χ1n) is 10.9. The van der Waals surface area contributed by atoms with Gasteiger partial charge in [0.1, 0.15) is 24.2 Å². The minimum Gasteiger partial charge on any atom is -0.357 e. The molecule has 8 nitrogen and oxygen atoms in total. The van der Waals surface area contributed by atoms with E-state index in [1.54, 1.807) is 6.07 Å². The molecule has 13 heteroatoms. The third kappa shape index (κ3) is 4.80. The molecule has 0 amide bonds. The number of piperidine rings is 1. The van der Waals surface area contributed by atoms with E-state index in [9.17, 15) is 42.1 Å². The molecule has 0 bridgehead atoms. The summed E-state index contributed by atoms with van der Waals surface area (Å²) in [6.07, 6.45) is -2.17. The van der Waals surface area contributed by atoms with E-state index >= 15 is 0 Å². The topological polar surface area (TPSA) is 108 Å². The molecule has 37 heavy (non-hydrogen) atoms. The van der Waals surface area contributed by atoms with E-state index in [1.807, 2.05) is 6.07 Å². The number of alkyl halides is 4. The maximum atomic E-state index is 14.1. The van der Waals surface area contributed by atoms with Crippen molar-refractivity contribution >= 4 is 5.82 Å². The Morgan fingerprint density at radius 1 is 1.08 bits per heavy atom. The van der Waals surface area contributed by atoms with E-state index in [4.69, 9.17) is 0 Å². The second kappa shape index (κ2) is 9.85. The Hall–Kier alpha value is -4.52. The van der Waals surface area contributed by atoms with Gasteiger partial charge in [0.05, 0.1) is 34.6 Å². The molecular formula is C24H17F5N6O2. The highest BCUT2D eigenvalue weighted by Crippen LogP contribution is 2.35. The van der Waals surface area contributed by atoms with Gasteiger partial charge in [0.2, 0.25) is 0 Å². The van der Waals surface area contributed by atoms with Crippen LogP contribution in [0, 0.1) is 28.5 Å². The fourth-order valence-electron chi connectivity index (χ4n) is 4.19. The van der Waals surface area contributed by atoms with Crippen molar-refractivity contribution in [1.29, 1.82) is 10.5 Å². The van der Waals surface area contributed by atoms with E-state index in [2.05, 4.69) is 4.98 Å². The predicted octanol–water partition coefficient (Wildman–Crippen LogP) is 3.77. The zero-order valence-corrected chi connectivity index (χ0v) is 19.0. The number of halogens is 5. The average Bonchev–Trinajstić information content (AvgIpc) is 2.86. The lowest BCUT2D eigenvalue weighted by Gasteiger charge is -2.35. The number of anilines is 1. The standard InChI is InChI=1S/C24H17F5N6O2/c25-18-2-1-15(10-17(18)20(26)27)19-21(33-6-3-24(28,29)4-7-33)34(8-5-30)23(37)35(22(19)36)16-9-14(11-31)12-32-13-16/h1-2,9-10,12-13,20H,3-4,6-8H2. The number of nitrogens with zero attached hydrogens (tertiary/aromatic N) is 6. The Balaban J connectivity index is 2.11. The third-order valence-corrected chi connectivity index (χ3v) is 5.97. The summed E-state index contributed by atoms with van der Waals surface area (Å²) in [6, 6.07) is 7.31. The van der Waals surface area contributed by atoms with Gasteiger partial charge < -0.3 is 4.90 Å². The highest BCUT2D eigenvalue weighted by molar-refractivity contribution is 5.76. The monoisotopic (exact) mass is 516 g/mol. The Morgan fingerprint density at radius 2 is 1.78 bits per heavy atom. The quantitative estimate of drug-likeness (QED) is 0.478. The molecule has 1 aromatic carbocycles. The van der Waals surface area contributed by atoms with Gasteiger partial charge in [-0.1, -0.05) is 6.07 Å². The van der Waals surface area contributed by atoms with E-state index in [-0.39, 0.29) is 41.3 Å². The molecule has 4 rings (SSSR count). The summed E-state index contributed by atoms with van der Waals surface area (Å²) >= 11 is 0. The fourth-order valence-corrected chi connectivity index (χ4v) is 4.19. The van der Waals surface area contributed by atoms with Crippen LogP contribution in [0.1, 0.15) is 30.4 Å². The van der Waals surface area contributed by atoms with E-state index in [0.717, 1.165) is 29.0 Å². The molecule has 3 heterocycles. The van der Waals surface area contributed by atoms with Crippen LogP contribution in [-0.2, 0) is 6.54 Å². The molecule has 1 aliphatic rings.